The molecule has 1 unspecified atom stereocenters. The van der Waals surface area contributed by atoms with E-state index >= 15 is 0 Å². The van der Waals surface area contributed by atoms with Crippen LogP contribution in [0.5, 0.6) is 0 Å². The molecule has 1 aliphatic carbocycles. The van der Waals surface area contributed by atoms with Crippen molar-refractivity contribution in [1.82, 2.24) is 0 Å². The molecule has 3 rings (SSSR count). The summed E-state index contributed by atoms with van der Waals surface area (Å²) in [6.45, 7) is 1.51. The molecule has 1 aliphatic rings. The van der Waals surface area contributed by atoms with Gasteiger partial charge in [0.05, 0.1) is 11.5 Å². The van der Waals surface area contributed by atoms with Crippen LogP contribution in [0.4, 0.5) is 0 Å². The fraction of sp³-hybridized carbons (Fsp3) is 0.350. The van der Waals surface area contributed by atoms with Crippen LogP contribution in [-0.2, 0) is 35.5 Å². The second-order valence-electron chi connectivity index (χ2n) is 6.17. The Morgan fingerprint density at radius 2 is 1.77 bits per heavy atom. The molecule has 26 heavy (non-hydrogen) atoms. The zero-order valence-electron chi connectivity index (χ0n) is 14.7. The van der Waals surface area contributed by atoms with Gasteiger partial charge >= 0.3 is 5.97 Å². The quantitative estimate of drug-likeness (QED) is 0.726. The summed E-state index contributed by atoms with van der Waals surface area (Å²) in [6.07, 6.45) is 1.73. The Kier molecular flexibility index (Phi) is 5.44. The van der Waals surface area contributed by atoms with Crippen LogP contribution in [0.2, 0.25) is 0 Å². The van der Waals surface area contributed by atoms with Crippen LogP contribution in [0.15, 0.2) is 59.5 Å². The molecule has 0 radical (unpaired) electrons. The molecule has 0 spiro atoms. The molecule has 0 aromatic heterocycles. The number of sulfone groups is 1. The second-order valence-corrected chi connectivity index (χ2v) is 8.31. The molecule has 5 nitrogen and oxygen atoms in total. The zero-order chi connectivity index (χ0) is 18.6. The van der Waals surface area contributed by atoms with Crippen molar-refractivity contribution in [2.75, 3.05) is 13.2 Å². The van der Waals surface area contributed by atoms with Crippen molar-refractivity contribution in [3.63, 3.8) is 0 Å². The summed E-state index contributed by atoms with van der Waals surface area (Å²) in [6, 6.07) is 15.6. The van der Waals surface area contributed by atoms with E-state index in [2.05, 4.69) is 0 Å². The molecular formula is C20H22O5S. The SMILES string of the molecule is CCOC(=O)COC1(S(=O)(=O)c2ccccc2)CCCc2ccccc21. The topological polar surface area (TPSA) is 69.7 Å². The predicted molar refractivity (Wildman–Crippen MR) is 97.3 cm³/mol. The first-order valence-electron chi connectivity index (χ1n) is 8.69. The largest absolute Gasteiger partial charge is 0.464 e. The highest BCUT2D eigenvalue weighted by atomic mass is 32.2. The van der Waals surface area contributed by atoms with E-state index in [0.29, 0.717) is 18.4 Å². The van der Waals surface area contributed by atoms with Crippen LogP contribution >= 0.6 is 0 Å². The van der Waals surface area contributed by atoms with Crippen LogP contribution < -0.4 is 0 Å². The first-order chi connectivity index (χ1) is 12.5. The van der Waals surface area contributed by atoms with E-state index in [4.69, 9.17) is 9.47 Å². The maximum Gasteiger partial charge on any atom is 0.332 e. The third-order valence-electron chi connectivity index (χ3n) is 4.60. The van der Waals surface area contributed by atoms with Crippen molar-refractivity contribution in [3.05, 3.63) is 65.7 Å². The molecule has 0 saturated carbocycles. The van der Waals surface area contributed by atoms with Crippen LogP contribution in [0, 0.1) is 0 Å². The molecule has 0 heterocycles. The first kappa shape index (κ1) is 18.6. The van der Waals surface area contributed by atoms with Gasteiger partial charge in [-0.3, -0.25) is 0 Å². The fourth-order valence-corrected chi connectivity index (χ4v) is 5.44. The summed E-state index contributed by atoms with van der Waals surface area (Å²) in [5, 5.41) is 0. The molecule has 2 aromatic rings. The molecule has 1 atom stereocenters. The highest BCUT2D eigenvalue weighted by Gasteiger charge is 2.50. The van der Waals surface area contributed by atoms with E-state index in [0.717, 1.165) is 12.0 Å². The van der Waals surface area contributed by atoms with Crippen molar-refractivity contribution < 1.29 is 22.7 Å². The van der Waals surface area contributed by atoms with Crippen LogP contribution in [0.1, 0.15) is 30.9 Å². The highest BCUT2D eigenvalue weighted by molar-refractivity contribution is 7.92. The molecule has 2 aromatic carbocycles. The lowest BCUT2D eigenvalue weighted by atomic mass is 9.89. The monoisotopic (exact) mass is 374 g/mol. The summed E-state index contributed by atoms with van der Waals surface area (Å²) in [7, 11) is -3.88. The number of aryl methyl sites for hydroxylation is 1. The Balaban J connectivity index is 2.11. The standard InChI is InChI=1S/C20H22O5S/c1-2-24-19(21)15-25-20(26(22,23)17-11-4-3-5-12-17)14-8-10-16-9-6-7-13-18(16)20/h3-7,9,11-13H,2,8,10,14-15H2,1H3. The van der Waals surface area contributed by atoms with Gasteiger partial charge in [0.1, 0.15) is 6.61 Å². The summed E-state index contributed by atoms with van der Waals surface area (Å²) >= 11 is 0. The Bertz CT molecular complexity index is 876. The minimum absolute atomic E-state index is 0.181. The van der Waals surface area contributed by atoms with E-state index in [1.807, 2.05) is 12.1 Å². The van der Waals surface area contributed by atoms with Gasteiger partial charge in [-0.1, -0.05) is 42.5 Å². The van der Waals surface area contributed by atoms with Gasteiger partial charge in [0.15, 0.2) is 4.93 Å². The normalized spacial score (nSPS) is 19.6. The number of rotatable bonds is 6. The molecular weight excluding hydrogens is 352 g/mol. The van der Waals surface area contributed by atoms with E-state index in [1.165, 1.54) is 0 Å². The average Bonchev–Trinajstić information content (AvgIpc) is 2.67. The van der Waals surface area contributed by atoms with Gasteiger partial charge in [-0.15, -0.1) is 0 Å². The van der Waals surface area contributed by atoms with Gasteiger partial charge in [0, 0.05) is 5.56 Å². The molecule has 0 fully saturated rings. The number of hydrogen-bond donors (Lipinski definition) is 0. The number of fused-ring (bicyclic) bond motifs is 1. The molecule has 0 amide bonds. The second kappa shape index (κ2) is 7.60. The number of benzene rings is 2. The van der Waals surface area contributed by atoms with E-state index in [1.54, 1.807) is 49.4 Å². The molecule has 6 heteroatoms. The van der Waals surface area contributed by atoms with Crippen molar-refractivity contribution in [3.8, 4) is 0 Å². The van der Waals surface area contributed by atoms with Crippen LogP contribution in [0.25, 0.3) is 0 Å². The smallest absolute Gasteiger partial charge is 0.332 e. The summed E-state index contributed by atoms with van der Waals surface area (Å²) in [5.74, 6) is -0.571. The minimum atomic E-state index is -3.88. The van der Waals surface area contributed by atoms with Crippen LogP contribution in [0.3, 0.4) is 0 Å². The lowest BCUT2D eigenvalue weighted by Gasteiger charge is -2.38. The van der Waals surface area contributed by atoms with Crippen molar-refractivity contribution in [2.45, 2.75) is 36.0 Å². The number of esters is 1. The molecule has 0 aliphatic heterocycles. The predicted octanol–water partition coefficient (Wildman–Crippen LogP) is 3.23. The van der Waals surface area contributed by atoms with Gasteiger partial charge in [0.25, 0.3) is 0 Å². The van der Waals surface area contributed by atoms with Gasteiger partial charge in [-0.2, -0.15) is 0 Å². The van der Waals surface area contributed by atoms with E-state index < -0.39 is 27.3 Å². The summed E-state index contributed by atoms with van der Waals surface area (Å²) in [5.41, 5.74) is 1.54. The van der Waals surface area contributed by atoms with E-state index in [9.17, 15) is 13.2 Å². The minimum Gasteiger partial charge on any atom is -0.464 e. The third kappa shape index (κ3) is 3.27. The molecule has 138 valence electrons. The Morgan fingerprint density at radius 3 is 2.50 bits per heavy atom. The molecule has 0 bridgehead atoms. The highest BCUT2D eigenvalue weighted by Crippen LogP contribution is 2.45. The van der Waals surface area contributed by atoms with Crippen molar-refractivity contribution in [1.29, 1.82) is 0 Å². The maximum atomic E-state index is 13.6. The van der Waals surface area contributed by atoms with Gasteiger partial charge in [-0.05, 0) is 43.9 Å². The van der Waals surface area contributed by atoms with Crippen molar-refractivity contribution in [2.24, 2.45) is 0 Å². The Hall–Kier alpha value is -2.18. The molecule has 0 N–H and O–H groups in total. The number of carbonyl (C=O) groups is 1. The van der Waals surface area contributed by atoms with Crippen LogP contribution in [-0.4, -0.2) is 27.6 Å². The fourth-order valence-electron chi connectivity index (χ4n) is 3.43. The third-order valence-corrected chi connectivity index (χ3v) is 6.90. The summed E-state index contributed by atoms with van der Waals surface area (Å²) in [4.78, 5) is 10.5. The summed E-state index contributed by atoms with van der Waals surface area (Å²) < 4.78 is 37.9. The first-order valence-corrected chi connectivity index (χ1v) is 10.2. The Labute approximate surface area is 153 Å². The van der Waals surface area contributed by atoms with Gasteiger partial charge in [0.2, 0.25) is 9.84 Å². The van der Waals surface area contributed by atoms with Crippen molar-refractivity contribution >= 4 is 15.8 Å². The maximum absolute atomic E-state index is 13.6. The lowest BCUT2D eigenvalue weighted by Crippen LogP contribution is -2.43. The zero-order valence-corrected chi connectivity index (χ0v) is 15.5. The molecule has 0 saturated heterocycles. The van der Waals surface area contributed by atoms with Gasteiger partial charge < -0.3 is 9.47 Å². The number of hydrogen-bond acceptors (Lipinski definition) is 5. The lowest BCUT2D eigenvalue weighted by molar-refractivity contribution is -0.152. The Morgan fingerprint density at radius 1 is 1.08 bits per heavy atom. The van der Waals surface area contributed by atoms with Gasteiger partial charge in [-0.25, -0.2) is 13.2 Å². The van der Waals surface area contributed by atoms with E-state index in [-0.39, 0.29) is 11.5 Å². The number of ether oxygens (including phenoxy) is 2. The number of carbonyl (C=O) groups excluding carboxylic acids is 1. The average molecular weight is 374 g/mol.